The summed E-state index contributed by atoms with van der Waals surface area (Å²) in [4.78, 5) is 4.09. The fourth-order valence-corrected chi connectivity index (χ4v) is 3.14. The minimum Gasteiger partial charge on any atom is -0.373 e. The first-order valence-corrected chi connectivity index (χ1v) is 7.16. The molecule has 3 nitrogen and oxygen atoms in total. The normalized spacial score (nSPS) is 19.5. The first kappa shape index (κ1) is 14.3. The molecule has 106 valence electrons. The molecule has 1 aromatic heterocycles. The number of rotatable bonds is 4. The lowest BCUT2D eigenvalue weighted by Gasteiger charge is -2.14. The van der Waals surface area contributed by atoms with Gasteiger partial charge < -0.3 is 10.6 Å². The molecule has 0 radical (unpaired) electrons. The molecule has 19 heavy (non-hydrogen) atoms. The molecule has 0 amide bonds. The average molecular weight is 291 g/mol. The summed E-state index contributed by atoms with van der Waals surface area (Å²) in [6, 6.07) is 2.07. The molecule has 1 atom stereocenters. The predicted octanol–water partition coefficient (Wildman–Crippen LogP) is 3.45. The molecule has 1 unspecified atom stereocenters. The van der Waals surface area contributed by atoms with Crippen molar-refractivity contribution in [3.8, 4) is 0 Å². The molecule has 7 heteroatoms. The average Bonchev–Trinajstić information content (AvgIpc) is 2.88. The molecule has 1 aliphatic rings. The molecule has 1 aromatic rings. The molecule has 1 saturated heterocycles. The highest BCUT2D eigenvalue weighted by Crippen LogP contribution is 2.32. The third kappa shape index (κ3) is 3.92. The van der Waals surface area contributed by atoms with Gasteiger partial charge >= 0.3 is 6.18 Å². The number of nitrogens with zero attached hydrogens (tertiary/aromatic N) is 1. The van der Waals surface area contributed by atoms with Gasteiger partial charge in [-0.1, -0.05) is 0 Å². The van der Waals surface area contributed by atoms with E-state index in [9.17, 15) is 13.2 Å². The maximum absolute atomic E-state index is 12.7. The molecular formula is C12H16F3N3S. The Hall–Kier alpha value is -1.11. The Kier molecular flexibility index (Phi) is 4.44. The third-order valence-corrected chi connectivity index (χ3v) is 4.34. The van der Waals surface area contributed by atoms with Crippen LogP contribution in [0.15, 0.2) is 12.1 Å². The molecule has 2 N–H and O–H groups in total. The van der Waals surface area contributed by atoms with E-state index < -0.39 is 11.7 Å². The molecule has 0 saturated carbocycles. The fraction of sp³-hybridized carbons (Fsp3) is 0.583. The second-order valence-corrected chi connectivity index (χ2v) is 5.80. The largest absolute Gasteiger partial charge is 0.416 e. The molecular weight excluding hydrogens is 275 g/mol. The summed E-state index contributed by atoms with van der Waals surface area (Å²) in [5, 5.41) is 6.12. The monoisotopic (exact) mass is 291 g/mol. The van der Waals surface area contributed by atoms with Gasteiger partial charge in [-0.15, -0.1) is 0 Å². The second kappa shape index (κ2) is 5.90. The van der Waals surface area contributed by atoms with E-state index in [0.29, 0.717) is 11.8 Å². The number of hydrogen-bond acceptors (Lipinski definition) is 4. The van der Waals surface area contributed by atoms with Crippen LogP contribution in [-0.4, -0.2) is 29.6 Å². The lowest BCUT2D eigenvalue weighted by molar-refractivity contribution is -0.137. The Morgan fingerprint density at radius 1 is 1.37 bits per heavy atom. The van der Waals surface area contributed by atoms with Crippen molar-refractivity contribution in [2.45, 2.75) is 24.3 Å². The van der Waals surface area contributed by atoms with Crippen LogP contribution >= 0.6 is 11.8 Å². The lowest BCUT2D eigenvalue weighted by Crippen LogP contribution is -2.16. The summed E-state index contributed by atoms with van der Waals surface area (Å²) in [5.74, 6) is 1.62. The van der Waals surface area contributed by atoms with Gasteiger partial charge in [-0.3, -0.25) is 0 Å². The Balaban J connectivity index is 2.10. The van der Waals surface area contributed by atoms with Crippen molar-refractivity contribution >= 4 is 23.4 Å². The van der Waals surface area contributed by atoms with Gasteiger partial charge in [-0.2, -0.15) is 24.9 Å². The van der Waals surface area contributed by atoms with Gasteiger partial charge in [0, 0.05) is 18.8 Å². The molecule has 2 heterocycles. The highest BCUT2D eigenvalue weighted by molar-refractivity contribution is 8.00. The zero-order chi connectivity index (χ0) is 13.9. The maximum Gasteiger partial charge on any atom is 0.416 e. The van der Waals surface area contributed by atoms with Crippen molar-refractivity contribution in [3.05, 3.63) is 17.7 Å². The number of alkyl halides is 3. The van der Waals surface area contributed by atoms with Crippen molar-refractivity contribution in [1.29, 1.82) is 0 Å². The zero-order valence-electron chi connectivity index (χ0n) is 10.5. The summed E-state index contributed by atoms with van der Waals surface area (Å²) in [6.45, 7) is 0.655. The van der Waals surface area contributed by atoms with E-state index in [2.05, 4.69) is 15.6 Å². The van der Waals surface area contributed by atoms with Crippen LogP contribution in [0.2, 0.25) is 0 Å². The Labute approximate surface area is 114 Å². The minimum absolute atomic E-state index is 0.219. The fourth-order valence-electron chi connectivity index (χ4n) is 1.94. The summed E-state index contributed by atoms with van der Waals surface area (Å²) in [6.07, 6.45) is -2.07. The molecule has 0 spiro atoms. The lowest BCUT2D eigenvalue weighted by atomic mass is 10.2. The van der Waals surface area contributed by atoms with E-state index in [4.69, 9.17) is 0 Å². The van der Waals surface area contributed by atoms with Crippen LogP contribution in [0.3, 0.4) is 0 Å². The summed E-state index contributed by atoms with van der Waals surface area (Å²) in [5.41, 5.74) is -0.687. The van der Waals surface area contributed by atoms with Crippen LogP contribution in [-0.2, 0) is 6.18 Å². The van der Waals surface area contributed by atoms with Crippen LogP contribution in [0, 0.1) is 0 Å². The number of nitrogens with one attached hydrogen (secondary N) is 2. The number of halogens is 3. The van der Waals surface area contributed by atoms with Crippen molar-refractivity contribution in [3.63, 3.8) is 0 Å². The van der Waals surface area contributed by atoms with E-state index >= 15 is 0 Å². The van der Waals surface area contributed by atoms with E-state index in [-0.39, 0.29) is 11.6 Å². The van der Waals surface area contributed by atoms with Crippen LogP contribution in [0.25, 0.3) is 0 Å². The first-order chi connectivity index (χ1) is 8.99. The molecule has 0 bridgehead atoms. The zero-order valence-corrected chi connectivity index (χ0v) is 11.4. The number of hydrogen-bond donors (Lipinski definition) is 2. The van der Waals surface area contributed by atoms with Gasteiger partial charge in [-0.25, -0.2) is 4.98 Å². The number of pyridine rings is 1. The number of anilines is 2. The molecule has 1 aliphatic heterocycles. The molecule has 0 aliphatic carbocycles. The molecule has 2 rings (SSSR count). The van der Waals surface area contributed by atoms with Gasteiger partial charge in [0.25, 0.3) is 0 Å². The third-order valence-electron chi connectivity index (χ3n) is 2.94. The van der Waals surface area contributed by atoms with Gasteiger partial charge in [0.15, 0.2) is 0 Å². The minimum atomic E-state index is -4.35. The Morgan fingerprint density at radius 2 is 2.11 bits per heavy atom. The summed E-state index contributed by atoms with van der Waals surface area (Å²) < 4.78 is 38.2. The highest BCUT2D eigenvalue weighted by Gasteiger charge is 2.31. The summed E-state index contributed by atoms with van der Waals surface area (Å²) in [7, 11) is 1.55. The standard InChI is InChI=1S/C12H16F3N3S/c1-16-10-5-8(12(13,14)15)6-11(18-10)17-7-9-3-2-4-19-9/h5-6,9H,2-4,7H2,1H3,(H2,16,17,18). The SMILES string of the molecule is CNc1cc(C(F)(F)F)cc(NCC2CCCS2)n1. The highest BCUT2D eigenvalue weighted by atomic mass is 32.2. The van der Waals surface area contributed by atoms with E-state index in [1.807, 2.05) is 11.8 Å². The van der Waals surface area contributed by atoms with E-state index in [0.717, 1.165) is 24.3 Å². The summed E-state index contributed by atoms with van der Waals surface area (Å²) >= 11 is 1.85. The van der Waals surface area contributed by atoms with E-state index in [1.54, 1.807) is 7.05 Å². The quantitative estimate of drug-likeness (QED) is 0.891. The van der Waals surface area contributed by atoms with Crippen molar-refractivity contribution in [2.24, 2.45) is 0 Å². The van der Waals surface area contributed by atoms with Gasteiger partial charge in [0.05, 0.1) is 5.56 Å². The molecule has 1 fully saturated rings. The maximum atomic E-state index is 12.7. The Bertz CT molecular complexity index is 431. The number of aromatic nitrogens is 1. The predicted molar refractivity (Wildman–Crippen MR) is 72.8 cm³/mol. The topological polar surface area (TPSA) is 37.0 Å². The van der Waals surface area contributed by atoms with Crippen LogP contribution in [0.5, 0.6) is 0 Å². The Morgan fingerprint density at radius 3 is 2.68 bits per heavy atom. The second-order valence-electron chi connectivity index (χ2n) is 4.39. The van der Waals surface area contributed by atoms with Crippen LogP contribution < -0.4 is 10.6 Å². The molecule has 0 aromatic carbocycles. The smallest absolute Gasteiger partial charge is 0.373 e. The number of thioether (sulfide) groups is 1. The van der Waals surface area contributed by atoms with E-state index in [1.165, 1.54) is 6.42 Å². The van der Waals surface area contributed by atoms with Crippen molar-refractivity contribution in [2.75, 3.05) is 30.0 Å². The van der Waals surface area contributed by atoms with Crippen LogP contribution in [0.4, 0.5) is 24.8 Å². The van der Waals surface area contributed by atoms with Gasteiger partial charge in [0.2, 0.25) is 0 Å². The van der Waals surface area contributed by atoms with Crippen molar-refractivity contribution in [1.82, 2.24) is 4.98 Å². The van der Waals surface area contributed by atoms with Gasteiger partial charge in [-0.05, 0) is 30.7 Å². The first-order valence-electron chi connectivity index (χ1n) is 6.11. The van der Waals surface area contributed by atoms with Gasteiger partial charge in [0.1, 0.15) is 11.6 Å². The van der Waals surface area contributed by atoms with Crippen molar-refractivity contribution < 1.29 is 13.2 Å². The van der Waals surface area contributed by atoms with Crippen LogP contribution in [0.1, 0.15) is 18.4 Å².